The van der Waals surface area contributed by atoms with E-state index in [0.717, 1.165) is 19.5 Å². The maximum atomic E-state index is 6.16. The lowest BCUT2D eigenvalue weighted by molar-refractivity contribution is 0.534. The van der Waals surface area contributed by atoms with Crippen molar-refractivity contribution >= 4 is 22.9 Å². The summed E-state index contributed by atoms with van der Waals surface area (Å²) in [7, 11) is 0. The van der Waals surface area contributed by atoms with Crippen LogP contribution in [0, 0.1) is 5.92 Å². The first-order valence-electron chi connectivity index (χ1n) is 5.04. The summed E-state index contributed by atoms with van der Waals surface area (Å²) in [6.45, 7) is 6.24. The summed E-state index contributed by atoms with van der Waals surface area (Å²) >= 11 is 7.89. The van der Waals surface area contributed by atoms with Gasteiger partial charge in [-0.3, -0.25) is 0 Å². The Labute approximate surface area is 95.5 Å². The van der Waals surface area contributed by atoms with Gasteiger partial charge in [0, 0.05) is 18.5 Å². The molecule has 1 unspecified atom stereocenters. The Balaban J connectivity index is 2.09. The van der Waals surface area contributed by atoms with E-state index in [1.807, 2.05) is 0 Å². The second-order valence-electron chi connectivity index (χ2n) is 3.99. The highest BCUT2D eigenvalue weighted by atomic mass is 35.5. The van der Waals surface area contributed by atoms with E-state index in [1.54, 1.807) is 11.3 Å². The van der Waals surface area contributed by atoms with Gasteiger partial charge in [-0.05, 0) is 34.7 Å². The Morgan fingerprint density at radius 2 is 2.29 bits per heavy atom. The van der Waals surface area contributed by atoms with Crippen LogP contribution in [-0.4, -0.2) is 11.9 Å². The van der Waals surface area contributed by atoms with E-state index >= 15 is 0 Å². The highest BCUT2D eigenvalue weighted by molar-refractivity contribution is 7.07. The van der Waals surface area contributed by atoms with Crippen LogP contribution < -0.4 is 5.32 Å². The maximum absolute atomic E-state index is 6.16. The second kappa shape index (κ2) is 6.44. The zero-order valence-electron chi connectivity index (χ0n) is 8.79. The molecule has 1 heterocycles. The van der Waals surface area contributed by atoms with Gasteiger partial charge >= 0.3 is 0 Å². The topological polar surface area (TPSA) is 12.0 Å². The smallest absolute Gasteiger partial charge is 0.0463 e. The van der Waals surface area contributed by atoms with Gasteiger partial charge in [0.2, 0.25) is 0 Å². The molecule has 3 heteroatoms. The molecule has 1 rings (SSSR count). The van der Waals surface area contributed by atoms with Crippen molar-refractivity contribution in [2.24, 2.45) is 5.92 Å². The van der Waals surface area contributed by atoms with Crippen molar-refractivity contribution < 1.29 is 0 Å². The third kappa shape index (κ3) is 4.99. The first-order chi connectivity index (χ1) is 6.68. The second-order valence-corrected chi connectivity index (χ2v) is 5.39. The molecular formula is C11H18ClNS. The predicted molar refractivity (Wildman–Crippen MR) is 65.1 cm³/mol. The third-order valence-electron chi connectivity index (χ3n) is 2.00. The molecular weight excluding hydrogens is 214 g/mol. The maximum Gasteiger partial charge on any atom is 0.0463 e. The number of alkyl halides is 1. The molecule has 80 valence electrons. The van der Waals surface area contributed by atoms with E-state index in [2.05, 4.69) is 36.0 Å². The molecule has 0 aliphatic heterocycles. The van der Waals surface area contributed by atoms with Crippen LogP contribution in [0.1, 0.15) is 25.8 Å². The van der Waals surface area contributed by atoms with Gasteiger partial charge in [0.05, 0.1) is 0 Å². The summed E-state index contributed by atoms with van der Waals surface area (Å²) in [4.78, 5) is 0. The van der Waals surface area contributed by atoms with Gasteiger partial charge in [-0.1, -0.05) is 13.8 Å². The van der Waals surface area contributed by atoms with Crippen molar-refractivity contribution in [1.29, 1.82) is 0 Å². The molecule has 0 amide bonds. The number of rotatable bonds is 6. The van der Waals surface area contributed by atoms with Gasteiger partial charge < -0.3 is 5.32 Å². The molecule has 0 fully saturated rings. The van der Waals surface area contributed by atoms with E-state index in [1.165, 1.54) is 5.56 Å². The van der Waals surface area contributed by atoms with Gasteiger partial charge in [0.15, 0.2) is 0 Å². The number of hydrogen-bond donors (Lipinski definition) is 1. The Bertz CT molecular complexity index is 233. The molecule has 0 aliphatic rings. The predicted octanol–water partition coefficient (Wildman–Crippen LogP) is 3.49. The number of hydrogen-bond acceptors (Lipinski definition) is 2. The average Bonchev–Trinajstić information content (AvgIpc) is 2.55. The Morgan fingerprint density at radius 3 is 2.86 bits per heavy atom. The van der Waals surface area contributed by atoms with E-state index < -0.39 is 0 Å². The average molecular weight is 232 g/mol. The van der Waals surface area contributed by atoms with Crippen LogP contribution in [0.25, 0.3) is 0 Å². The summed E-state index contributed by atoms with van der Waals surface area (Å²) in [5.41, 5.74) is 1.35. The zero-order chi connectivity index (χ0) is 10.4. The van der Waals surface area contributed by atoms with Gasteiger partial charge in [-0.25, -0.2) is 0 Å². The van der Waals surface area contributed by atoms with E-state index in [9.17, 15) is 0 Å². The molecule has 1 atom stereocenters. The van der Waals surface area contributed by atoms with Crippen molar-refractivity contribution in [1.82, 2.24) is 5.32 Å². The zero-order valence-corrected chi connectivity index (χ0v) is 10.4. The summed E-state index contributed by atoms with van der Waals surface area (Å²) in [6.07, 6.45) is 1.08. The molecule has 0 aromatic carbocycles. The molecule has 1 nitrogen and oxygen atoms in total. The fourth-order valence-electron chi connectivity index (χ4n) is 1.36. The van der Waals surface area contributed by atoms with E-state index in [-0.39, 0.29) is 5.38 Å². The lowest BCUT2D eigenvalue weighted by atomic mass is 10.1. The lowest BCUT2D eigenvalue weighted by Crippen LogP contribution is -2.23. The summed E-state index contributed by atoms with van der Waals surface area (Å²) in [5.74, 6) is 0.681. The van der Waals surface area contributed by atoms with Crippen molar-refractivity contribution in [3.63, 3.8) is 0 Å². The van der Waals surface area contributed by atoms with Crippen LogP contribution in [0.4, 0.5) is 0 Å². The minimum atomic E-state index is 0.258. The third-order valence-corrected chi connectivity index (χ3v) is 3.07. The van der Waals surface area contributed by atoms with Crippen LogP contribution in [-0.2, 0) is 6.54 Å². The minimum Gasteiger partial charge on any atom is -0.311 e. The van der Waals surface area contributed by atoms with Crippen LogP contribution in [0.2, 0.25) is 0 Å². The van der Waals surface area contributed by atoms with Gasteiger partial charge in [0.25, 0.3) is 0 Å². The Morgan fingerprint density at radius 1 is 1.50 bits per heavy atom. The number of halogens is 1. The molecule has 14 heavy (non-hydrogen) atoms. The van der Waals surface area contributed by atoms with Gasteiger partial charge in [0.1, 0.15) is 0 Å². The standard InChI is InChI=1S/C11H18ClNS/c1-9(2)5-11(12)7-13-6-10-3-4-14-8-10/h3-4,8-9,11,13H,5-7H2,1-2H3. The van der Waals surface area contributed by atoms with Gasteiger partial charge in [-0.15, -0.1) is 11.6 Å². The van der Waals surface area contributed by atoms with Crippen LogP contribution in [0.5, 0.6) is 0 Å². The Hall–Kier alpha value is -0.0500. The van der Waals surface area contributed by atoms with Crippen molar-refractivity contribution in [3.05, 3.63) is 22.4 Å². The lowest BCUT2D eigenvalue weighted by Gasteiger charge is -2.12. The first kappa shape index (κ1) is 12.0. The largest absolute Gasteiger partial charge is 0.311 e. The molecule has 1 aromatic rings. The normalized spacial score (nSPS) is 13.4. The molecule has 0 spiro atoms. The number of nitrogens with one attached hydrogen (secondary N) is 1. The SMILES string of the molecule is CC(C)CC(Cl)CNCc1ccsc1. The monoisotopic (exact) mass is 231 g/mol. The van der Waals surface area contributed by atoms with E-state index in [4.69, 9.17) is 11.6 Å². The molecule has 0 saturated carbocycles. The quantitative estimate of drug-likeness (QED) is 0.740. The van der Waals surface area contributed by atoms with Crippen LogP contribution >= 0.6 is 22.9 Å². The number of thiophene rings is 1. The van der Waals surface area contributed by atoms with Gasteiger partial charge in [-0.2, -0.15) is 11.3 Å². The molecule has 1 N–H and O–H groups in total. The Kier molecular flexibility index (Phi) is 5.53. The molecule has 0 saturated heterocycles. The highest BCUT2D eigenvalue weighted by Crippen LogP contribution is 2.10. The highest BCUT2D eigenvalue weighted by Gasteiger charge is 2.06. The van der Waals surface area contributed by atoms with Crippen molar-refractivity contribution in [3.8, 4) is 0 Å². The van der Waals surface area contributed by atoms with Crippen molar-refractivity contribution in [2.45, 2.75) is 32.2 Å². The summed E-state index contributed by atoms with van der Waals surface area (Å²) in [5, 5.41) is 7.89. The molecule has 1 aromatic heterocycles. The minimum absolute atomic E-state index is 0.258. The molecule has 0 radical (unpaired) electrons. The fraction of sp³-hybridized carbons (Fsp3) is 0.636. The van der Waals surface area contributed by atoms with E-state index in [0.29, 0.717) is 5.92 Å². The summed E-state index contributed by atoms with van der Waals surface area (Å²) in [6, 6.07) is 2.14. The molecule has 0 bridgehead atoms. The first-order valence-corrected chi connectivity index (χ1v) is 6.42. The van der Waals surface area contributed by atoms with Crippen LogP contribution in [0.3, 0.4) is 0 Å². The fourth-order valence-corrected chi connectivity index (χ4v) is 2.50. The molecule has 0 aliphatic carbocycles. The van der Waals surface area contributed by atoms with Crippen molar-refractivity contribution in [2.75, 3.05) is 6.54 Å². The summed E-state index contributed by atoms with van der Waals surface area (Å²) < 4.78 is 0. The van der Waals surface area contributed by atoms with Crippen LogP contribution in [0.15, 0.2) is 16.8 Å².